The van der Waals surface area contributed by atoms with Crippen molar-refractivity contribution in [2.45, 2.75) is 13.8 Å². The Bertz CT molecular complexity index is 779. The lowest BCUT2D eigenvalue weighted by Crippen LogP contribution is -1.95. The van der Waals surface area contributed by atoms with Gasteiger partial charge in [-0.05, 0) is 49.8 Å². The van der Waals surface area contributed by atoms with Crippen LogP contribution in [0.5, 0.6) is 17.2 Å². The predicted octanol–water partition coefficient (Wildman–Crippen LogP) is 5.77. The van der Waals surface area contributed by atoms with Crippen LogP contribution in [0.25, 0.3) is 0 Å². The zero-order valence-corrected chi connectivity index (χ0v) is 13.3. The predicted molar refractivity (Wildman–Crippen MR) is 93.6 cm³/mol. The van der Waals surface area contributed by atoms with Crippen molar-refractivity contribution in [3.63, 3.8) is 0 Å². The zero-order valence-electron chi connectivity index (χ0n) is 13.3. The van der Waals surface area contributed by atoms with E-state index in [2.05, 4.69) is 6.92 Å². The van der Waals surface area contributed by atoms with Crippen molar-refractivity contribution < 1.29 is 9.47 Å². The Morgan fingerprint density at radius 3 is 2.22 bits per heavy atom. The highest BCUT2D eigenvalue weighted by Crippen LogP contribution is 2.27. The van der Waals surface area contributed by atoms with Crippen LogP contribution >= 0.6 is 0 Å². The number of rotatable bonds is 4. The van der Waals surface area contributed by atoms with Crippen LogP contribution in [-0.4, -0.2) is 0 Å². The van der Waals surface area contributed by atoms with Gasteiger partial charge in [0.25, 0.3) is 0 Å². The molecular formula is C21H19O2. The highest BCUT2D eigenvalue weighted by Gasteiger charge is 2.04. The second-order valence-electron chi connectivity index (χ2n) is 5.50. The molecule has 2 aromatic carbocycles. The Kier molecular flexibility index (Phi) is 4.62. The quantitative estimate of drug-likeness (QED) is 0.713. The normalized spacial score (nSPS) is 13.8. The van der Waals surface area contributed by atoms with Crippen LogP contribution in [0.1, 0.15) is 12.5 Å². The molecule has 115 valence electrons. The molecular weight excluding hydrogens is 284 g/mol. The molecule has 0 aromatic heterocycles. The van der Waals surface area contributed by atoms with Crippen molar-refractivity contribution in [3.05, 3.63) is 96.2 Å². The van der Waals surface area contributed by atoms with Crippen LogP contribution in [-0.2, 0) is 0 Å². The van der Waals surface area contributed by atoms with Gasteiger partial charge in [0.15, 0.2) is 0 Å². The fraction of sp³-hybridized carbons (Fsp3) is 0.0952. The molecule has 0 saturated heterocycles. The van der Waals surface area contributed by atoms with Gasteiger partial charge in [-0.25, -0.2) is 0 Å². The van der Waals surface area contributed by atoms with Crippen molar-refractivity contribution in [3.8, 4) is 17.2 Å². The Labute approximate surface area is 137 Å². The van der Waals surface area contributed by atoms with Gasteiger partial charge in [-0.15, -0.1) is 0 Å². The first-order chi connectivity index (χ1) is 11.2. The Morgan fingerprint density at radius 1 is 0.739 bits per heavy atom. The Morgan fingerprint density at radius 2 is 1.43 bits per heavy atom. The Balaban J connectivity index is 1.73. The lowest BCUT2D eigenvalue weighted by Gasteiger charge is -2.10. The molecule has 0 atom stereocenters. The third-order valence-electron chi connectivity index (χ3n) is 3.40. The maximum Gasteiger partial charge on any atom is 0.131 e. The largest absolute Gasteiger partial charge is 0.461 e. The topological polar surface area (TPSA) is 18.5 Å². The minimum atomic E-state index is 0.749. The standard InChI is InChI=1S/C21H19O2/c1-16-6-3-8-18(13-12-16)22-20-10-5-11-21(15-20)23-19-9-4-7-17(2)14-19/h3-15H,1-2H3. The average molecular weight is 303 g/mol. The SMILES string of the molecule is CC1=C[CH]C(Oc2cccc(Oc3cccc(C)c3)c2)=CC=C1. The molecule has 2 aromatic rings. The molecule has 1 radical (unpaired) electrons. The average Bonchev–Trinajstić information content (AvgIpc) is 2.72. The van der Waals surface area contributed by atoms with E-state index in [1.165, 1.54) is 11.1 Å². The van der Waals surface area contributed by atoms with E-state index in [0.717, 1.165) is 23.0 Å². The first-order valence-corrected chi connectivity index (χ1v) is 7.61. The fourth-order valence-corrected chi connectivity index (χ4v) is 2.24. The van der Waals surface area contributed by atoms with E-state index in [0.29, 0.717) is 0 Å². The van der Waals surface area contributed by atoms with Crippen molar-refractivity contribution in [2.75, 3.05) is 0 Å². The summed E-state index contributed by atoms with van der Waals surface area (Å²) in [6, 6.07) is 15.6. The van der Waals surface area contributed by atoms with Gasteiger partial charge in [0.2, 0.25) is 0 Å². The van der Waals surface area contributed by atoms with Gasteiger partial charge in [-0.3, -0.25) is 0 Å². The van der Waals surface area contributed by atoms with E-state index >= 15 is 0 Å². The minimum Gasteiger partial charge on any atom is -0.461 e. The smallest absolute Gasteiger partial charge is 0.131 e. The summed E-state index contributed by atoms with van der Waals surface area (Å²) < 4.78 is 11.8. The van der Waals surface area contributed by atoms with Gasteiger partial charge in [-0.2, -0.15) is 0 Å². The number of hydrogen-bond donors (Lipinski definition) is 0. The maximum absolute atomic E-state index is 5.92. The number of benzene rings is 2. The maximum atomic E-state index is 5.92. The van der Waals surface area contributed by atoms with E-state index in [4.69, 9.17) is 9.47 Å². The summed E-state index contributed by atoms with van der Waals surface area (Å²) in [6.07, 6.45) is 9.97. The summed E-state index contributed by atoms with van der Waals surface area (Å²) in [4.78, 5) is 0. The van der Waals surface area contributed by atoms with Crippen LogP contribution in [0, 0.1) is 13.3 Å². The van der Waals surface area contributed by atoms with Gasteiger partial charge in [-0.1, -0.05) is 42.0 Å². The fourth-order valence-electron chi connectivity index (χ4n) is 2.24. The van der Waals surface area contributed by atoms with Gasteiger partial charge in [0.05, 0.1) is 0 Å². The molecule has 0 spiro atoms. The molecule has 1 aliphatic carbocycles. The molecule has 0 N–H and O–H groups in total. The molecule has 0 aliphatic heterocycles. The third-order valence-corrected chi connectivity index (χ3v) is 3.40. The highest BCUT2D eigenvalue weighted by molar-refractivity contribution is 5.40. The van der Waals surface area contributed by atoms with E-state index in [1.54, 1.807) is 0 Å². The molecule has 1 aliphatic rings. The third kappa shape index (κ3) is 4.36. The lowest BCUT2D eigenvalue weighted by atomic mass is 10.2. The second kappa shape index (κ2) is 7.01. The number of hydrogen-bond acceptors (Lipinski definition) is 2. The lowest BCUT2D eigenvalue weighted by molar-refractivity contribution is 0.429. The summed E-state index contributed by atoms with van der Waals surface area (Å²) in [6.45, 7) is 4.10. The monoisotopic (exact) mass is 303 g/mol. The first kappa shape index (κ1) is 15.2. The zero-order chi connectivity index (χ0) is 16.1. The van der Waals surface area contributed by atoms with Crippen molar-refractivity contribution in [1.82, 2.24) is 0 Å². The summed E-state index contributed by atoms with van der Waals surface area (Å²) in [5.41, 5.74) is 2.36. The summed E-state index contributed by atoms with van der Waals surface area (Å²) >= 11 is 0. The molecule has 0 saturated carbocycles. The molecule has 0 fully saturated rings. The first-order valence-electron chi connectivity index (χ1n) is 7.61. The van der Waals surface area contributed by atoms with Crippen LogP contribution in [0.15, 0.2) is 84.2 Å². The van der Waals surface area contributed by atoms with Crippen LogP contribution < -0.4 is 9.47 Å². The van der Waals surface area contributed by atoms with E-state index in [1.807, 2.05) is 86.2 Å². The molecule has 0 heterocycles. The number of allylic oxidation sites excluding steroid dienone is 5. The van der Waals surface area contributed by atoms with Crippen LogP contribution in [0.3, 0.4) is 0 Å². The molecule has 0 unspecified atom stereocenters. The van der Waals surface area contributed by atoms with Crippen molar-refractivity contribution in [2.24, 2.45) is 0 Å². The molecule has 0 amide bonds. The van der Waals surface area contributed by atoms with Crippen molar-refractivity contribution >= 4 is 0 Å². The van der Waals surface area contributed by atoms with Crippen LogP contribution in [0.4, 0.5) is 0 Å². The summed E-state index contributed by atoms with van der Waals surface area (Å²) in [5, 5.41) is 0. The molecule has 0 bridgehead atoms. The second-order valence-corrected chi connectivity index (χ2v) is 5.50. The molecule has 2 heteroatoms. The van der Waals surface area contributed by atoms with E-state index < -0.39 is 0 Å². The Hall–Kier alpha value is -2.74. The number of aryl methyl sites for hydroxylation is 1. The van der Waals surface area contributed by atoms with Gasteiger partial charge < -0.3 is 9.47 Å². The molecule has 2 nitrogen and oxygen atoms in total. The van der Waals surface area contributed by atoms with E-state index in [-0.39, 0.29) is 0 Å². The van der Waals surface area contributed by atoms with E-state index in [9.17, 15) is 0 Å². The number of ether oxygens (including phenoxy) is 2. The molecule has 23 heavy (non-hydrogen) atoms. The summed E-state index contributed by atoms with van der Waals surface area (Å²) in [5.74, 6) is 3.12. The highest BCUT2D eigenvalue weighted by atomic mass is 16.5. The minimum absolute atomic E-state index is 0.749. The molecule has 3 rings (SSSR count). The van der Waals surface area contributed by atoms with Gasteiger partial charge in [0, 0.05) is 12.5 Å². The van der Waals surface area contributed by atoms with Crippen molar-refractivity contribution in [1.29, 1.82) is 0 Å². The van der Waals surface area contributed by atoms with Crippen LogP contribution in [0.2, 0.25) is 0 Å². The summed E-state index contributed by atoms with van der Waals surface area (Å²) in [7, 11) is 0. The van der Waals surface area contributed by atoms with Gasteiger partial charge >= 0.3 is 0 Å². The van der Waals surface area contributed by atoms with Gasteiger partial charge in [0.1, 0.15) is 23.0 Å².